The molecular formula is C22H47N3O2. The molecule has 0 aliphatic carbocycles. The van der Waals surface area contributed by atoms with Crippen molar-refractivity contribution in [3.63, 3.8) is 0 Å². The van der Waals surface area contributed by atoms with Crippen LogP contribution in [0.25, 0.3) is 0 Å². The zero-order valence-corrected chi connectivity index (χ0v) is 18.5. The summed E-state index contributed by atoms with van der Waals surface area (Å²) in [6, 6.07) is 0. The first-order valence-corrected chi connectivity index (χ1v) is 11.2. The summed E-state index contributed by atoms with van der Waals surface area (Å²) in [6.45, 7) is 12.9. The van der Waals surface area contributed by atoms with Gasteiger partial charge in [0.15, 0.2) is 0 Å². The third kappa shape index (κ3) is 16.2. The molecule has 0 saturated carbocycles. The summed E-state index contributed by atoms with van der Waals surface area (Å²) < 4.78 is 0. The van der Waals surface area contributed by atoms with Crippen LogP contribution in [-0.4, -0.2) is 85.1 Å². The highest BCUT2D eigenvalue weighted by Crippen LogP contribution is 2.07. The Hall–Kier alpha value is -0.460. The van der Waals surface area contributed by atoms with Crippen molar-refractivity contribution in [3.05, 3.63) is 12.2 Å². The molecule has 0 aromatic carbocycles. The maximum Gasteiger partial charge on any atom is 0.0847 e. The van der Waals surface area contributed by atoms with Gasteiger partial charge in [0.1, 0.15) is 0 Å². The summed E-state index contributed by atoms with van der Waals surface area (Å²) in [7, 11) is 1.98. The lowest BCUT2D eigenvalue weighted by atomic mass is 10.1. The van der Waals surface area contributed by atoms with E-state index in [9.17, 15) is 10.2 Å². The smallest absolute Gasteiger partial charge is 0.0847 e. The number of unbranched alkanes of at least 4 members (excludes halogenated alkanes) is 4. The number of nitrogens with one attached hydrogen (secondary N) is 1. The molecule has 5 heteroatoms. The Balaban J connectivity index is 3.96. The Morgan fingerprint density at radius 2 is 1.56 bits per heavy atom. The first kappa shape index (κ1) is 26.5. The second-order valence-corrected chi connectivity index (χ2v) is 7.60. The van der Waals surface area contributed by atoms with Crippen LogP contribution in [-0.2, 0) is 0 Å². The van der Waals surface area contributed by atoms with Gasteiger partial charge in [0.25, 0.3) is 0 Å². The lowest BCUT2D eigenvalue weighted by molar-refractivity contribution is 0.102. The van der Waals surface area contributed by atoms with Crippen molar-refractivity contribution in [1.82, 2.24) is 15.1 Å². The fourth-order valence-corrected chi connectivity index (χ4v) is 3.34. The average molecular weight is 386 g/mol. The molecule has 0 aliphatic rings. The van der Waals surface area contributed by atoms with Gasteiger partial charge in [-0.3, -0.25) is 4.90 Å². The molecule has 3 N–H and O–H groups in total. The summed E-state index contributed by atoms with van der Waals surface area (Å²) in [6.07, 6.45) is 11.2. The maximum absolute atomic E-state index is 10.2. The van der Waals surface area contributed by atoms with E-state index in [2.05, 4.69) is 29.0 Å². The zero-order chi connectivity index (χ0) is 20.3. The second-order valence-electron chi connectivity index (χ2n) is 7.60. The molecule has 0 rings (SSSR count). The number of nitrogens with zero attached hydrogens (tertiary/aromatic N) is 2. The normalized spacial score (nSPS) is 14.5. The van der Waals surface area contributed by atoms with Crippen molar-refractivity contribution in [2.45, 2.75) is 77.9 Å². The molecule has 0 amide bonds. The van der Waals surface area contributed by atoms with E-state index in [4.69, 9.17) is 0 Å². The van der Waals surface area contributed by atoms with Crippen molar-refractivity contribution in [3.8, 4) is 0 Å². The molecule has 0 radical (unpaired) electrons. The molecule has 0 fully saturated rings. The lowest BCUT2D eigenvalue weighted by Crippen LogP contribution is -2.37. The van der Waals surface area contributed by atoms with Gasteiger partial charge in [-0.25, -0.2) is 0 Å². The van der Waals surface area contributed by atoms with E-state index in [1.54, 1.807) is 0 Å². The van der Waals surface area contributed by atoms with Gasteiger partial charge in [0.2, 0.25) is 0 Å². The monoisotopic (exact) mass is 385 g/mol. The number of likely N-dealkylation sites (N-methyl/N-ethyl adjacent to an activating group) is 2. The Bertz CT molecular complexity index is 340. The largest absolute Gasteiger partial charge is 0.392 e. The molecule has 5 nitrogen and oxygen atoms in total. The summed E-state index contributed by atoms with van der Waals surface area (Å²) >= 11 is 0. The van der Waals surface area contributed by atoms with E-state index in [-0.39, 0.29) is 12.2 Å². The third-order valence-corrected chi connectivity index (χ3v) is 5.04. The van der Waals surface area contributed by atoms with Crippen LogP contribution in [0.5, 0.6) is 0 Å². The van der Waals surface area contributed by atoms with Gasteiger partial charge < -0.3 is 20.4 Å². The number of hydrogen-bond acceptors (Lipinski definition) is 5. The molecule has 0 heterocycles. The molecule has 2 atom stereocenters. The van der Waals surface area contributed by atoms with Crippen LogP contribution in [0.3, 0.4) is 0 Å². The molecule has 0 bridgehead atoms. The molecule has 0 saturated heterocycles. The highest BCUT2D eigenvalue weighted by molar-refractivity contribution is 4.87. The highest BCUT2D eigenvalue weighted by Gasteiger charge is 2.11. The van der Waals surface area contributed by atoms with E-state index in [1.807, 2.05) is 26.1 Å². The highest BCUT2D eigenvalue weighted by atomic mass is 16.3. The van der Waals surface area contributed by atoms with Crippen LogP contribution in [0.15, 0.2) is 12.2 Å². The first-order chi connectivity index (χ1) is 13.1. The predicted octanol–water partition coefficient (Wildman–Crippen LogP) is 2.88. The molecule has 0 aliphatic heterocycles. The van der Waals surface area contributed by atoms with Gasteiger partial charge >= 0.3 is 0 Å². The first-order valence-electron chi connectivity index (χ1n) is 11.2. The Labute approximate surface area is 168 Å². The van der Waals surface area contributed by atoms with E-state index in [1.165, 1.54) is 25.7 Å². The van der Waals surface area contributed by atoms with Crippen molar-refractivity contribution in [2.75, 3.05) is 52.9 Å². The number of rotatable bonds is 19. The number of aliphatic hydroxyl groups is 2. The predicted molar refractivity (Wildman–Crippen MR) is 117 cm³/mol. The summed E-state index contributed by atoms with van der Waals surface area (Å²) in [4.78, 5) is 4.73. The Morgan fingerprint density at radius 3 is 2.11 bits per heavy atom. The Morgan fingerprint density at radius 1 is 0.889 bits per heavy atom. The minimum Gasteiger partial charge on any atom is -0.392 e. The molecule has 0 spiro atoms. The van der Waals surface area contributed by atoms with Crippen molar-refractivity contribution >= 4 is 0 Å². The molecule has 162 valence electrons. The van der Waals surface area contributed by atoms with E-state index in [0.29, 0.717) is 0 Å². The van der Waals surface area contributed by atoms with Gasteiger partial charge in [-0.2, -0.15) is 0 Å². The lowest BCUT2D eigenvalue weighted by Gasteiger charge is -2.25. The van der Waals surface area contributed by atoms with Gasteiger partial charge in [-0.1, -0.05) is 51.7 Å². The molecule has 2 unspecified atom stereocenters. The molecule has 0 aromatic rings. The number of allylic oxidation sites excluding steroid dienone is 1. The van der Waals surface area contributed by atoms with E-state index < -0.39 is 0 Å². The van der Waals surface area contributed by atoms with Gasteiger partial charge in [-0.15, -0.1) is 0 Å². The number of hydrogen-bond donors (Lipinski definition) is 3. The Kier molecular flexibility index (Phi) is 18.6. The number of aliphatic hydroxyl groups excluding tert-OH is 2. The van der Waals surface area contributed by atoms with Crippen LogP contribution in [0.2, 0.25) is 0 Å². The molecule has 27 heavy (non-hydrogen) atoms. The van der Waals surface area contributed by atoms with Crippen LogP contribution in [0, 0.1) is 0 Å². The quantitative estimate of drug-likeness (QED) is 0.236. The van der Waals surface area contributed by atoms with Crippen molar-refractivity contribution in [1.29, 1.82) is 0 Å². The summed E-state index contributed by atoms with van der Waals surface area (Å²) in [5.74, 6) is 0. The van der Waals surface area contributed by atoms with Crippen LogP contribution < -0.4 is 5.32 Å². The van der Waals surface area contributed by atoms with Crippen LogP contribution in [0.1, 0.15) is 65.7 Å². The molecule has 0 aromatic heterocycles. The van der Waals surface area contributed by atoms with Crippen molar-refractivity contribution < 1.29 is 10.2 Å². The molecular weight excluding hydrogens is 338 g/mol. The zero-order valence-electron chi connectivity index (χ0n) is 18.5. The fraction of sp³-hybridized carbons (Fsp3) is 0.909. The van der Waals surface area contributed by atoms with Crippen LogP contribution >= 0.6 is 0 Å². The maximum atomic E-state index is 10.2. The van der Waals surface area contributed by atoms with Gasteiger partial charge in [-0.05, 0) is 52.9 Å². The van der Waals surface area contributed by atoms with Gasteiger partial charge in [0.05, 0.1) is 12.2 Å². The average Bonchev–Trinajstić information content (AvgIpc) is 2.65. The standard InChI is InChI=1S/C22H47N3O2/c1-5-8-14-22(27)20-25(18-15-23-4)17-12-10-9-11-16-24(7-3)19-21(26)13-6-2/h6,13,21-23,26-27H,5,7-12,14-20H2,1-4H3/b13-6+. The van der Waals surface area contributed by atoms with Crippen molar-refractivity contribution in [2.24, 2.45) is 0 Å². The third-order valence-electron chi connectivity index (χ3n) is 5.04. The van der Waals surface area contributed by atoms with Crippen LogP contribution in [0.4, 0.5) is 0 Å². The minimum absolute atomic E-state index is 0.191. The minimum atomic E-state index is -0.352. The van der Waals surface area contributed by atoms with E-state index in [0.717, 1.165) is 65.1 Å². The second kappa shape index (κ2) is 18.9. The fourth-order valence-electron chi connectivity index (χ4n) is 3.34. The topological polar surface area (TPSA) is 59.0 Å². The summed E-state index contributed by atoms with van der Waals surface area (Å²) in [5, 5.41) is 23.3. The van der Waals surface area contributed by atoms with Gasteiger partial charge in [0, 0.05) is 26.2 Å². The van der Waals surface area contributed by atoms with E-state index >= 15 is 0 Å². The SMILES string of the molecule is C/C=C/C(O)CN(CC)CCCCCCN(CCNC)CC(O)CCCC. The summed E-state index contributed by atoms with van der Waals surface area (Å²) in [5.41, 5.74) is 0.